The van der Waals surface area contributed by atoms with Crippen LogP contribution in [0.4, 0.5) is 0 Å². The molecule has 0 aromatic rings. The molecule has 0 aromatic heterocycles. The molecule has 0 aliphatic rings. The Morgan fingerprint density at radius 1 is 0.643 bits per heavy atom. The van der Waals surface area contributed by atoms with Crippen molar-refractivity contribution in [3.8, 4) is 0 Å². The topological polar surface area (TPSA) is 119 Å². The van der Waals surface area contributed by atoms with Gasteiger partial charge in [-0.25, -0.2) is 0 Å². The van der Waals surface area contributed by atoms with Crippen LogP contribution >= 0.6 is 0 Å². The summed E-state index contributed by atoms with van der Waals surface area (Å²) in [5, 5.41) is 3.26. The Morgan fingerprint density at radius 3 is 1.46 bits per heavy atom. The molecular formula is C17H45N3O6Si2. The number of hydrogen-bond acceptors (Lipinski definition) is 9. The van der Waals surface area contributed by atoms with E-state index in [4.69, 9.17) is 38.0 Å². The van der Waals surface area contributed by atoms with Crippen LogP contribution in [0, 0.1) is 0 Å². The summed E-state index contributed by atoms with van der Waals surface area (Å²) in [5.74, 6) is 0. The summed E-state index contributed by atoms with van der Waals surface area (Å²) >= 11 is 0. The van der Waals surface area contributed by atoms with Crippen LogP contribution in [0.1, 0.15) is 33.6 Å². The molecule has 0 amide bonds. The zero-order valence-corrected chi connectivity index (χ0v) is 20.9. The average molecular weight is 444 g/mol. The quantitative estimate of drug-likeness (QED) is 0.212. The van der Waals surface area contributed by atoms with Crippen LogP contribution in [0.25, 0.3) is 0 Å². The van der Waals surface area contributed by atoms with E-state index >= 15 is 0 Å². The van der Waals surface area contributed by atoms with Crippen molar-refractivity contribution in [3.05, 3.63) is 0 Å². The lowest BCUT2D eigenvalue weighted by molar-refractivity contribution is 0.0708. The van der Waals surface area contributed by atoms with Gasteiger partial charge in [-0.3, -0.25) is 0 Å². The van der Waals surface area contributed by atoms with Crippen LogP contribution < -0.4 is 16.8 Å². The Kier molecular flexibility index (Phi) is 22.0. The maximum atomic E-state index is 5.76. The van der Waals surface area contributed by atoms with Gasteiger partial charge in [0.1, 0.15) is 0 Å². The van der Waals surface area contributed by atoms with Gasteiger partial charge in [-0.2, -0.15) is 0 Å². The smallest absolute Gasteiger partial charge is 0.377 e. The van der Waals surface area contributed by atoms with Crippen LogP contribution in [-0.4, -0.2) is 84.9 Å². The minimum atomic E-state index is -2.43. The van der Waals surface area contributed by atoms with E-state index < -0.39 is 17.6 Å². The highest BCUT2D eigenvalue weighted by molar-refractivity contribution is 6.61. The van der Waals surface area contributed by atoms with Crippen LogP contribution in [0.3, 0.4) is 0 Å². The first-order chi connectivity index (χ1) is 13.5. The molecule has 0 saturated heterocycles. The minimum absolute atomic E-state index is 0.641. The maximum absolute atomic E-state index is 5.76. The highest BCUT2D eigenvalue weighted by Gasteiger charge is 2.39. The molecule has 0 aromatic carbocycles. The second-order valence-electron chi connectivity index (χ2n) is 5.81. The first-order valence-corrected chi connectivity index (χ1v) is 14.0. The first-order valence-electron chi connectivity index (χ1n) is 10.2. The van der Waals surface area contributed by atoms with Crippen molar-refractivity contribution in [1.29, 1.82) is 0 Å². The number of rotatable bonds is 18. The van der Waals surface area contributed by atoms with Crippen molar-refractivity contribution in [2.45, 2.75) is 45.7 Å². The summed E-state index contributed by atoms with van der Waals surface area (Å²) in [6.07, 6.45) is 1.87. The van der Waals surface area contributed by atoms with E-state index in [9.17, 15) is 0 Å². The Morgan fingerprint density at radius 2 is 1.11 bits per heavy atom. The van der Waals surface area contributed by atoms with Crippen molar-refractivity contribution in [1.82, 2.24) is 5.32 Å². The highest BCUT2D eigenvalue weighted by Crippen LogP contribution is 2.17. The molecule has 0 heterocycles. The molecule has 0 spiro atoms. The van der Waals surface area contributed by atoms with E-state index in [1.165, 1.54) is 0 Å². The predicted molar refractivity (Wildman–Crippen MR) is 117 cm³/mol. The van der Waals surface area contributed by atoms with Gasteiger partial charge < -0.3 is 43.3 Å². The number of nitrogens with one attached hydrogen (secondary N) is 1. The van der Waals surface area contributed by atoms with Crippen molar-refractivity contribution < 1.29 is 26.6 Å². The lowest BCUT2D eigenvalue weighted by atomic mass is 10.5. The molecule has 0 radical (unpaired) electrons. The van der Waals surface area contributed by atoms with E-state index in [-0.39, 0.29) is 0 Å². The van der Waals surface area contributed by atoms with Crippen molar-refractivity contribution in [2.75, 3.05) is 67.3 Å². The van der Waals surface area contributed by atoms with E-state index in [0.717, 1.165) is 38.0 Å². The molecule has 11 heteroatoms. The van der Waals surface area contributed by atoms with Gasteiger partial charge in [0.05, 0.1) is 0 Å². The highest BCUT2D eigenvalue weighted by atomic mass is 28.4. The normalized spacial score (nSPS) is 12.0. The third kappa shape index (κ3) is 14.1. The summed E-state index contributed by atoms with van der Waals surface area (Å²) in [7, 11) is 0.0753. The van der Waals surface area contributed by atoms with Crippen LogP contribution in [0.2, 0.25) is 12.1 Å². The van der Waals surface area contributed by atoms with Crippen molar-refractivity contribution >= 4 is 17.6 Å². The Bertz CT molecular complexity index is 304. The lowest BCUT2D eigenvalue weighted by Gasteiger charge is -2.28. The van der Waals surface area contributed by atoms with Gasteiger partial charge >= 0.3 is 17.6 Å². The van der Waals surface area contributed by atoms with E-state index in [1.807, 2.05) is 20.8 Å². The summed E-state index contributed by atoms with van der Waals surface area (Å²) in [4.78, 5) is 0. The third-order valence-corrected chi connectivity index (χ3v) is 9.85. The first kappa shape index (κ1) is 30.3. The SMILES string of the molecule is CCO[Si](CCCNCCN)(OCC)OCC.CO[Si](CCCN)(OC)OC. The Hall–Kier alpha value is 0.0738. The van der Waals surface area contributed by atoms with Gasteiger partial charge in [0.15, 0.2) is 0 Å². The fourth-order valence-corrected chi connectivity index (χ4v) is 6.89. The fourth-order valence-electron chi connectivity index (χ4n) is 2.53. The largest absolute Gasteiger partial charge is 0.500 e. The summed E-state index contributed by atoms with van der Waals surface area (Å²) in [6.45, 7) is 11.0. The molecule has 0 unspecified atom stereocenters. The molecule has 0 rings (SSSR count). The number of hydrogen-bond donors (Lipinski definition) is 3. The molecule has 0 fully saturated rings. The molecule has 0 aliphatic heterocycles. The third-order valence-electron chi connectivity index (χ3n) is 3.87. The minimum Gasteiger partial charge on any atom is -0.377 e. The van der Waals surface area contributed by atoms with Crippen LogP contribution in [0.5, 0.6) is 0 Å². The molecule has 0 aliphatic carbocycles. The van der Waals surface area contributed by atoms with Gasteiger partial charge in [-0.15, -0.1) is 0 Å². The Balaban J connectivity index is 0. The molecule has 0 atom stereocenters. The van der Waals surface area contributed by atoms with Crippen LogP contribution in [-0.2, 0) is 26.6 Å². The maximum Gasteiger partial charge on any atom is 0.500 e. The fraction of sp³-hybridized carbons (Fsp3) is 1.00. The van der Waals surface area contributed by atoms with Gasteiger partial charge in [0.25, 0.3) is 0 Å². The van der Waals surface area contributed by atoms with Crippen molar-refractivity contribution in [3.63, 3.8) is 0 Å². The monoisotopic (exact) mass is 443 g/mol. The molecule has 9 nitrogen and oxygen atoms in total. The van der Waals surface area contributed by atoms with E-state index in [0.29, 0.717) is 32.9 Å². The predicted octanol–water partition coefficient (Wildman–Crippen LogP) is 1.19. The summed E-state index contributed by atoms with van der Waals surface area (Å²) in [6, 6.07) is 1.65. The average Bonchev–Trinajstić information content (AvgIpc) is 2.70. The van der Waals surface area contributed by atoms with Gasteiger partial charge in [0, 0.05) is 66.3 Å². The second-order valence-corrected chi connectivity index (χ2v) is 11.6. The van der Waals surface area contributed by atoms with E-state index in [1.54, 1.807) is 21.3 Å². The second kappa shape index (κ2) is 20.4. The molecular weight excluding hydrogens is 398 g/mol. The van der Waals surface area contributed by atoms with Crippen LogP contribution in [0.15, 0.2) is 0 Å². The lowest BCUT2D eigenvalue weighted by Crippen LogP contribution is -2.46. The van der Waals surface area contributed by atoms with Gasteiger partial charge in [-0.1, -0.05) is 0 Å². The van der Waals surface area contributed by atoms with Crippen molar-refractivity contribution in [2.24, 2.45) is 11.5 Å². The standard InChI is InChI=1S/C11H28N2O3Si.C6H17NO3Si/c1-4-14-17(15-5-2,16-6-3)11-7-9-13-10-8-12;1-8-11(9-2,10-3)6-4-5-7/h13H,4-12H2,1-3H3;4-7H2,1-3H3. The molecule has 0 saturated carbocycles. The summed E-state index contributed by atoms with van der Waals surface area (Å²) in [5.41, 5.74) is 10.8. The molecule has 28 heavy (non-hydrogen) atoms. The zero-order chi connectivity index (χ0) is 21.7. The zero-order valence-electron chi connectivity index (χ0n) is 18.9. The molecule has 172 valence electrons. The van der Waals surface area contributed by atoms with Gasteiger partial charge in [0.2, 0.25) is 0 Å². The van der Waals surface area contributed by atoms with E-state index in [2.05, 4.69) is 5.32 Å². The summed E-state index contributed by atoms with van der Waals surface area (Å²) < 4.78 is 32.8. The molecule has 5 N–H and O–H groups in total. The number of nitrogens with two attached hydrogens (primary N) is 2. The van der Waals surface area contributed by atoms with Gasteiger partial charge in [-0.05, 0) is 46.7 Å². The Labute approximate surface area is 174 Å². The molecule has 0 bridgehead atoms.